The number of carbonyl (C=O) groups excluding carboxylic acids is 1. The van der Waals surface area contributed by atoms with Crippen molar-refractivity contribution in [1.29, 1.82) is 0 Å². The van der Waals surface area contributed by atoms with E-state index in [1.54, 1.807) is 6.92 Å². The second kappa shape index (κ2) is 4.38. The molecule has 0 heterocycles. The van der Waals surface area contributed by atoms with Crippen LogP contribution in [0.15, 0.2) is 24.3 Å². The van der Waals surface area contributed by atoms with Crippen LogP contribution in [0, 0.1) is 0 Å². The van der Waals surface area contributed by atoms with Crippen LogP contribution in [0.4, 0.5) is 0 Å². The van der Waals surface area contributed by atoms with E-state index in [0.29, 0.717) is 0 Å². The summed E-state index contributed by atoms with van der Waals surface area (Å²) >= 11 is 0. The number of hydrogen-bond donors (Lipinski definition) is 1. The number of carbonyl (C=O) groups is 1. The summed E-state index contributed by atoms with van der Waals surface area (Å²) in [7, 11) is 1.90. The molecule has 0 spiro atoms. The molecule has 1 aliphatic rings. The van der Waals surface area contributed by atoms with Gasteiger partial charge in [0.2, 0.25) is 0 Å². The number of benzene rings is 1. The molecule has 0 fully saturated rings. The fourth-order valence-corrected chi connectivity index (χ4v) is 2.64. The lowest BCUT2D eigenvalue weighted by Crippen LogP contribution is -2.49. The quantitative estimate of drug-likeness (QED) is 0.769. The van der Waals surface area contributed by atoms with Crippen LogP contribution in [0.5, 0.6) is 0 Å². The second-order valence-electron chi connectivity index (χ2n) is 4.66. The van der Waals surface area contributed by atoms with E-state index in [1.807, 2.05) is 7.05 Å². The Kier molecular flexibility index (Phi) is 3.10. The van der Waals surface area contributed by atoms with Crippen molar-refractivity contribution in [3.05, 3.63) is 35.4 Å². The third-order valence-electron chi connectivity index (χ3n) is 3.91. The van der Waals surface area contributed by atoms with E-state index in [4.69, 9.17) is 0 Å². The Balaban J connectivity index is 2.27. The van der Waals surface area contributed by atoms with Crippen molar-refractivity contribution in [3.63, 3.8) is 0 Å². The van der Waals surface area contributed by atoms with Gasteiger partial charge in [0.05, 0.1) is 5.54 Å². The van der Waals surface area contributed by atoms with Crippen LogP contribution in [0.2, 0.25) is 0 Å². The van der Waals surface area contributed by atoms with Crippen molar-refractivity contribution >= 4 is 5.78 Å². The number of aryl methyl sites for hydroxylation is 2. The second-order valence-corrected chi connectivity index (χ2v) is 4.66. The maximum Gasteiger partial charge on any atom is 0.149 e. The van der Waals surface area contributed by atoms with Crippen molar-refractivity contribution < 1.29 is 4.79 Å². The molecule has 0 atom stereocenters. The highest BCUT2D eigenvalue weighted by molar-refractivity contribution is 5.86. The van der Waals surface area contributed by atoms with Gasteiger partial charge in [0.15, 0.2) is 0 Å². The first-order valence-corrected chi connectivity index (χ1v) is 5.95. The molecular weight excluding hydrogens is 198 g/mol. The van der Waals surface area contributed by atoms with Gasteiger partial charge in [-0.05, 0) is 50.8 Å². The standard InChI is InChI=1S/C14H19NO/c1-11(16)14(15-2)9-7-12-5-3-4-6-13(12)8-10-14/h3-6,15H,7-10H2,1-2H3. The van der Waals surface area contributed by atoms with Gasteiger partial charge in [0.25, 0.3) is 0 Å². The molecule has 0 amide bonds. The Hall–Kier alpha value is -1.15. The molecule has 1 aromatic rings. The van der Waals surface area contributed by atoms with Gasteiger partial charge < -0.3 is 5.32 Å². The molecule has 16 heavy (non-hydrogen) atoms. The van der Waals surface area contributed by atoms with Crippen LogP contribution in [0.3, 0.4) is 0 Å². The third-order valence-corrected chi connectivity index (χ3v) is 3.91. The van der Waals surface area contributed by atoms with Crippen molar-refractivity contribution in [2.24, 2.45) is 0 Å². The molecule has 0 saturated heterocycles. The highest BCUT2D eigenvalue weighted by atomic mass is 16.1. The molecule has 1 N–H and O–H groups in total. The third kappa shape index (κ3) is 1.90. The smallest absolute Gasteiger partial charge is 0.149 e. The number of ketones is 1. The summed E-state index contributed by atoms with van der Waals surface area (Å²) in [5.74, 6) is 0.266. The van der Waals surface area contributed by atoms with Gasteiger partial charge in [-0.2, -0.15) is 0 Å². The Labute approximate surface area is 97.1 Å². The van der Waals surface area contributed by atoms with Gasteiger partial charge in [-0.25, -0.2) is 0 Å². The largest absolute Gasteiger partial charge is 0.308 e. The van der Waals surface area contributed by atoms with E-state index in [0.717, 1.165) is 25.7 Å². The highest BCUT2D eigenvalue weighted by Gasteiger charge is 2.34. The predicted octanol–water partition coefficient (Wildman–Crippen LogP) is 2.11. The van der Waals surface area contributed by atoms with Gasteiger partial charge in [-0.1, -0.05) is 24.3 Å². The minimum atomic E-state index is -0.307. The van der Waals surface area contributed by atoms with Gasteiger partial charge in [0, 0.05) is 0 Å². The van der Waals surface area contributed by atoms with Crippen molar-refractivity contribution in [2.45, 2.75) is 38.1 Å². The van der Waals surface area contributed by atoms with Crippen LogP contribution >= 0.6 is 0 Å². The maximum absolute atomic E-state index is 11.8. The molecule has 0 bridgehead atoms. The minimum absolute atomic E-state index is 0.266. The normalized spacial score (nSPS) is 18.6. The van der Waals surface area contributed by atoms with Crippen molar-refractivity contribution in [2.75, 3.05) is 7.05 Å². The number of hydrogen-bond acceptors (Lipinski definition) is 2. The lowest BCUT2D eigenvalue weighted by Gasteiger charge is -2.29. The fraction of sp³-hybridized carbons (Fsp3) is 0.500. The number of Topliss-reactive ketones (excluding diaryl/α,β-unsaturated/α-hetero) is 1. The average molecular weight is 217 g/mol. The molecule has 2 rings (SSSR count). The zero-order valence-electron chi connectivity index (χ0n) is 10.0. The van der Waals surface area contributed by atoms with E-state index >= 15 is 0 Å². The Morgan fingerprint density at radius 2 is 1.69 bits per heavy atom. The van der Waals surface area contributed by atoms with Gasteiger partial charge in [-0.15, -0.1) is 0 Å². The monoisotopic (exact) mass is 217 g/mol. The molecule has 86 valence electrons. The fourth-order valence-electron chi connectivity index (χ4n) is 2.64. The molecule has 1 aliphatic carbocycles. The predicted molar refractivity (Wildman–Crippen MR) is 65.6 cm³/mol. The molecular formula is C14H19NO. The first-order valence-electron chi connectivity index (χ1n) is 5.95. The van der Waals surface area contributed by atoms with E-state index < -0.39 is 0 Å². The summed E-state index contributed by atoms with van der Waals surface area (Å²) in [6, 6.07) is 8.53. The van der Waals surface area contributed by atoms with Gasteiger partial charge in [0.1, 0.15) is 5.78 Å². The summed E-state index contributed by atoms with van der Waals surface area (Å²) in [4.78, 5) is 11.8. The molecule has 0 aliphatic heterocycles. The van der Waals surface area contributed by atoms with Gasteiger partial charge >= 0.3 is 0 Å². The topological polar surface area (TPSA) is 29.1 Å². The van der Waals surface area contributed by atoms with Crippen LogP contribution in [0.25, 0.3) is 0 Å². The molecule has 0 unspecified atom stereocenters. The van der Waals surface area contributed by atoms with Crippen LogP contribution < -0.4 is 5.32 Å². The summed E-state index contributed by atoms with van der Waals surface area (Å²) < 4.78 is 0. The molecule has 0 radical (unpaired) electrons. The average Bonchev–Trinajstić information content (AvgIpc) is 2.49. The van der Waals surface area contributed by atoms with Gasteiger partial charge in [-0.3, -0.25) is 4.79 Å². The number of rotatable bonds is 2. The SMILES string of the molecule is CNC1(C(C)=O)CCc2ccccc2CC1. The van der Waals surface area contributed by atoms with Crippen molar-refractivity contribution in [3.8, 4) is 0 Å². The number of fused-ring (bicyclic) bond motifs is 1. The first kappa shape index (κ1) is 11.3. The lowest BCUT2D eigenvalue weighted by molar-refractivity contribution is -0.123. The van der Waals surface area contributed by atoms with E-state index in [2.05, 4.69) is 29.6 Å². The maximum atomic E-state index is 11.8. The number of likely N-dealkylation sites (N-methyl/N-ethyl adjacent to an activating group) is 1. The number of nitrogens with one attached hydrogen (secondary N) is 1. The Morgan fingerprint density at radius 3 is 2.06 bits per heavy atom. The molecule has 1 aromatic carbocycles. The molecule has 2 heteroatoms. The van der Waals surface area contributed by atoms with E-state index in [1.165, 1.54) is 11.1 Å². The zero-order chi connectivity index (χ0) is 11.6. The Bertz CT molecular complexity index is 370. The zero-order valence-corrected chi connectivity index (χ0v) is 10.0. The molecule has 0 saturated carbocycles. The van der Waals surface area contributed by atoms with Crippen LogP contribution in [-0.2, 0) is 17.6 Å². The molecule has 0 aromatic heterocycles. The summed E-state index contributed by atoms with van der Waals surface area (Å²) in [6.45, 7) is 1.70. The summed E-state index contributed by atoms with van der Waals surface area (Å²) in [5.41, 5.74) is 2.50. The molecule has 2 nitrogen and oxygen atoms in total. The van der Waals surface area contributed by atoms with Crippen LogP contribution in [-0.4, -0.2) is 18.4 Å². The summed E-state index contributed by atoms with van der Waals surface area (Å²) in [5, 5.41) is 3.24. The van der Waals surface area contributed by atoms with E-state index in [-0.39, 0.29) is 11.3 Å². The first-order chi connectivity index (χ1) is 7.68. The van der Waals surface area contributed by atoms with Crippen LogP contribution in [0.1, 0.15) is 30.9 Å². The Morgan fingerprint density at radius 1 is 1.19 bits per heavy atom. The lowest BCUT2D eigenvalue weighted by atomic mass is 9.86. The summed E-state index contributed by atoms with van der Waals surface area (Å²) in [6.07, 6.45) is 3.82. The van der Waals surface area contributed by atoms with Crippen molar-refractivity contribution in [1.82, 2.24) is 5.32 Å². The highest BCUT2D eigenvalue weighted by Crippen LogP contribution is 2.28. The minimum Gasteiger partial charge on any atom is -0.308 e. The van der Waals surface area contributed by atoms with E-state index in [9.17, 15) is 4.79 Å².